The third kappa shape index (κ3) is 3.56. The van der Waals surface area contributed by atoms with Crippen LogP contribution in [0, 0.1) is 5.92 Å². The Kier molecular flexibility index (Phi) is 4.86. The van der Waals surface area contributed by atoms with Crippen molar-refractivity contribution in [3.8, 4) is 0 Å². The molecular weight excluding hydrogens is 380 g/mol. The Balaban J connectivity index is 1.73. The van der Waals surface area contributed by atoms with E-state index in [1.54, 1.807) is 0 Å². The highest BCUT2D eigenvalue weighted by Crippen LogP contribution is 2.34. The fraction of sp³-hybridized carbons (Fsp3) is 0.400. The fourth-order valence-corrected chi connectivity index (χ4v) is 4.63. The van der Waals surface area contributed by atoms with Gasteiger partial charge in [0.1, 0.15) is 0 Å². The molecule has 3 N–H and O–H groups in total. The minimum atomic E-state index is -0.00204. The fourth-order valence-electron chi connectivity index (χ4n) is 3.86. The molecule has 0 bridgehead atoms. The summed E-state index contributed by atoms with van der Waals surface area (Å²) in [5, 5.41) is 6.38. The van der Waals surface area contributed by atoms with Crippen LogP contribution in [0.3, 0.4) is 0 Å². The number of aromatic nitrogens is 2. The second-order valence-electron chi connectivity index (χ2n) is 7.48. The summed E-state index contributed by atoms with van der Waals surface area (Å²) in [4.78, 5) is 16.5. The second-order valence-corrected chi connectivity index (χ2v) is 8.92. The number of thiazole rings is 1. The highest BCUT2D eigenvalue weighted by Gasteiger charge is 2.27. The second kappa shape index (κ2) is 7.17. The Morgan fingerprint density at radius 1 is 1.48 bits per heavy atom. The average molecular weight is 403 g/mol. The molecule has 5 nitrogen and oxygen atoms in total. The van der Waals surface area contributed by atoms with Gasteiger partial charge >= 0.3 is 0 Å². The molecule has 1 aliphatic carbocycles. The normalized spacial score (nSPS) is 16.7. The number of rotatable bonds is 4. The van der Waals surface area contributed by atoms with Crippen LogP contribution in [0.1, 0.15) is 37.2 Å². The number of carbonyl (C=O) groups excluding carboxylic acids is 1. The van der Waals surface area contributed by atoms with Crippen molar-refractivity contribution in [2.45, 2.75) is 45.7 Å². The van der Waals surface area contributed by atoms with Crippen molar-refractivity contribution < 1.29 is 4.79 Å². The third-order valence-corrected chi connectivity index (χ3v) is 6.23. The van der Waals surface area contributed by atoms with Gasteiger partial charge in [0.2, 0.25) is 5.91 Å². The highest BCUT2D eigenvalue weighted by atomic mass is 35.5. The molecule has 0 radical (unpaired) electrons. The molecule has 7 heteroatoms. The van der Waals surface area contributed by atoms with E-state index in [4.69, 9.17) is 17.3 Å². The van der Waals surface area contributed by atoms with Crippen LogP contribution in [0.4, 0.5) is 5.69 Å². The summed E-state index contributed by atoms with van der Waals surface area (Å²) in [7, 11) is 0. The topological polar surface area (TPSA) is 72.9 Å². The van der Waals surface area contributed by atoms with E-state index >= 15 is 0 Å². The summed E-state index contributed by atoms with van der Waals surface area (Å²) in [6.45, 7) is 4.55. The van der Waals surface area contributed by atoms with Crippen molar-refractivity contribution in [2.24, 2.45) is 5.92 Å². The van der Waals surface area contributed by atoms with Gasteiger partial charge in [0, 0.05) is 39.6 Å². The minimum absolute atomic E-state index is 0.00204. The SMILES string of the molecule is CC(C)C(=O)NC1CCc2c(c3cc(N)ccc3n2Cc2csc(Cl)n2)C1. The number of amides is 1. The maximum Gasteiger partial charge on any atom is 0.222 e. The van der Waals surface area contributed by atoms with Crippen LogP contribution in [0.5, 0.6) is 0 Å². The van der Waals surface area contributed by atoms with Crippen LogP contribution in [-0.4, -0.2) is 21.5 Å². The monoisotopic (exact) mass is 402 g/mol. The van der Waals surface area contributed by atoms with E-state index in [1.807, 2.05) is 31.4 Å². The van der Waals surface area contributed by atoms with Gasteiger partial charge in [0.25, 0.3) is 0 Å². The highest BCUT2D eigenvalue weighted by molar-refractivity contribution is 7.13. The summed E-state index contributed by atoms with van der Waals surface area (Å²) in [6.07, 6.45) is 2.69. The van der Waals surface area contributed by atoms with E-state index in [0.29, 0.717) is 11.0 Å². The molecule has 0 fully saturated rings. The zero-order valence-electron chi connectivity index (χ0n) is 15.5. The molecule has 1 aliphatic rings. The first-order valence-corrected chi connectivity index (χ1v) is 10.5. The van der Waals surface area contributed by atoms with Gasteiger partial charge in [0.15, 0.2) is 4.47 Å². The quantitative estimate of drug-likeness (QED) is 0.647. The lowest BCUT2D eigenvalue weighted by Gasteiger charge is -2.25. The van der Waals surface area contributed by atoms with Crippen LogP contribution in [0.25, 0.3) is 10.9 Å². The van der Waals surface area contributed by atoms with Crippen LogP contribution in [0.15, 0.2) is 23.6 Å². The zero-order valence-corrected chi connectivity index (χ0v) is 17.0. The van der Waals surface area contributed by atoms with Gasteiger partial charge in [-0.05, 0) is 43.0 Å². The number of halogens is 1. The maximum atomic E-state index is 12.1. The Bertz CT molecular complexity index is 1010. The lowest BCUT2D eigenvalue weighted by molar-refractivity contribution is -0.124. The number of fused-ring (bicyclic) bond motifs is 3. The van der Waals surface area contributed by atoms with E-state index < -0.39 is 0 Å². The van der Waals surface area contributed by atoms with Crippen molar-refractivity contribution in [2.75, 3.05) is 5.73 Å². The molecule has 0 saturated carbocycles. The van der Waals surface area contributed by atoms with Crippen LogP contribution < -0.4 is 11.1 Å². The first-order chi connectivity index (χ1) is 12.9. The molecule has 0 aliphatic heterocycles. The lowest BCUT2D eigenvalue weighted by Crippen LogP contribution is -2.41. The molecule has 0 spiro atoms. The van der Waals surface area contributed by atoms with Crippen molar-refractivity contribution in [1.82, 2.24) is 14.9 Å². The number of nitrogens with one attached hydrogen (secondary N) is 1. The summed E-state index contributed by atoms with van der Waals surface area (Å²) >= 11 is 7.47. The molecule has 2 heterocycles. The molecule has 142 valence electrons. The van der Waals surface area contributed by atoms with Gasteiger partial charge in [-0.2, -0.15) is 0 Å². The van der Waals surface area contributed by atoms with Gasteiger partial charge in [-0.15, -0.1) is 11.3 Å². The van der Waals surface area contributed by atoms with E-state index in [9.17, 15) is 4.79 Å². The van der Waals surface area contributed by atoms with Crippen molar-refractivity contribution in [1.29, 1.82) is 0 Å². The van der Waals surface area contributed by atoms with E-state index in [0.717, 1.165) is 36.2 Å². The molecule has 3 aromatic rings. The summed E-state index contributed by atoms with van der Waals surface area (Å²) in [5.74, 6) is 0.113. The number of hydrogen-bond acceptors (Lipinski definition) is 4. The first kappa shape index (κ1) is 18.3. The largest absolute Gasteiger partial charge is 0.399 e. The number of nitrogens with two attached hydrogens (primary N) is 1. The minimum Gasteiger partial charge on any atom is -0.399 e. The van der Waals surface area contributed by atoms with Crippen molar-refractivity contribution in [3.63, 3.8) is 0 Å². The zero-order chi connectivity index (χ0) is 19.1. The van der Waals surface area contributed by atoms with Crippen molar-refractivity contribution in [3.05, 3.63) is 45.0 Å². The Labute approximate surface area is 167 Å². The number of nitrogens with zero attached hydrogens (tertiary/aromatic N) is 2. The van der Waals surface area contributed by atoms with Crippen molar-refractivity contribution >= 4 is 45.4 Å². The Hall–Kier alpha value is -2.05. The van der Waals surface area contributed by atoms with E-state index in [2.05, 4.69) is 20.9 Å². The van der Waals surface area contributed by atoms with Crippen LogP contribution >= 0.6 is 22.9 Å². The number of benzene rings is 1. The molecule has 1 aromatic carbocycles. The third-order valence-electron chi connectivity index (χ3n) is 5.21. The van der Waals surface area contributed by atoms with Gasteiger partial charge in [-0.25, -0.2) is 4.98 Å². The molecule has 27 heavy (non-hydrogen) atoms. The smallest absolute Gasteiger partial charge is 0.222 e. The average Bonchev–Trinajstić information content (AvgIpc) is 3.17. The van der Waals surface area contributed by atoms with Gasteiger partial charge in [0.05, 0.1) is 12.2 Å². The van der Waals surface area contributed by atoms with Gasteiger partial charge in [-0.1, -0.05) is 25.4 Å². The number of hydrogen-bond donors (Lipinski definition) is 2. The van der Waals surface area contributed by atoms with E-state index in [-0.39, 0.29) is 17.9 Å². The molecular formula is C20H23ClN4OS. The standard InChI is InChI=1S/C20H23ClN4OS/c1-11(2)19(26)23-13-4-6-18-16(8-13)15-7-12(22)3-5-17(15)25(18)9-14-10-27-20(21)24-14/h3,5,7,10-11,13H,4,6,8-9,22H2,1-2H3,(H,23,26). The predicted molar refractivity (Wildman–Crippen MR) is 111 cm³/mol. The van der Waals surface area contributed by atoms with E-state index in [1.165, 1.54) is 28.0 Å². The predicted octanol–water partition coefficient (Wildman–Crippen LogP) is 4.01. The molecule has 1 unspecified atom stereocenters. The summed E-state index contributed by atoms with van der Waals surface area (Å²) in [6, 6.07) is 6.24. The molecule has 2 aromatic heterocycles. The lowest BCUT2D eigenvalue weighted by atomic mass is 9.91. The van der Waals surface area contributed by atoms with Gasteiger partial charge in [-0.3, -0.25) is 4.79 Å². The summed E-state index contributed by atoms with van der Waals surface area (Å²) in [5.41, 5.74) is 11.6. The van der Waals surface area contributed by atoms with Gasteiger partial charge < -0.3 is 15.6 Å². The number of anilines is 1. The van der Waals surface area contributed by atoms with Crippen LogP contribution in [0.2, 0.25) is 4.47 Å². The first-order valence-electron chi connectivity index (χ1n) is 9.22. The molecule has 0 saturated heterocycles. The molecule has 1 amide bonds. The molecule has 1 atom stereocenters. The Morgan fingerprint density at radius 3 is 3.00 bits per heavy atom. The maximum absolute atomic E-state index is 12.1. The summed E-state index contributed by atoms with van der Waals surface area (Å²) < 4.78 is 2.90. The van der Waals surface area contributed by atoms with Crippen LogP contribution in [-0.2, 0) is 24.2 Å². The Morgan fingerprint density at radius 2 is 2.30 bits per heavy atom. The number of nitrogen functional groups attached to an aromatic ring is 1. The molecule has 4 rings (SSSR count). The number of carbonyl (C=O) groups is 1.